The summed E-state index contributed by atoms with van der Waals surface area (Å²) in [6, 6.07) is 23.8. The normalized spacial score (nSPS) is 18.9. The van der Waals surface area contributed by atoms with Crippen LogP contribution in [0.5, 0.6) is 11.5 Å². The van der Waals surface area contributed by atoms with E-state index in [-0.39, 0.29) is 19.4 Å². The van der Waals surface area contributed by atoms with E-state index in [1.54, 1.807) is 12.3 Å². The molecule has 2 aliphatic rings. The van der Waals surface area contributed by atoms with Gasteiger partial charge >= 0.3 is 11.9 Å². The van der Waals surface area contributed by atoms with Crippen molar-refractivity contribution in [3.63, 3.8) is 0 Å². The number of carbonyl (C=O) groups excluding carboxylic acids is 1. The fourth-order valence-corrected chi connectivity index (χ4v) is 8.11. The Bertz CT molecular complexity index is 1930. The van der Waals surface area contributed by atoms with Gasteiger partial charge in [-0.2, -0.15) is 0 Å². The van der Waals surface area contributed by atoms with Crippen molar-refractivity contribution >= 4 is 18.2 Å². The van der Waals surface area contributed by atoms with Crippen LogP contribution in [0.15, 0.2) is 85.2 Å². The number of aromatic nitrogens is 2. The summed E-state index contributed by atoms with van der Waals surface area (Å²) in [5, 5.41) is 16.6. The highest BCUT2D eigenvalue weighted by Gasteiger charge is 2.31. The van der Waals surface area contributed by atoms with Crippen molar-refractivity contribution in [2.24, 2.45) is 28.4 Å². The van der Waals surface area contributed by atoms with Gasteiger partial charge in [-0.3, -0.25) is 24.4 Å². The van der Waals surface area contributed by atoms with E-state index in [9.17, 15) is 14.4 Å². The summed E-state index contributed by atoms with van der Waals surface area (Å²) >= 11 is 0. The minimum Gasteiger partial charge on any atom is -0.489 e. The maximum atomic E-state index is 10.9. The Morgan fingerprint density at radius 2 is 1.13 bits per heavy atom. The van der Waals surface area contributed by atoms with Gasteiger partial charge in [-0.15, -0.1) is 0 Å². The molecule has 2 heterocycles. The van der Waals surface area contributed by atoms with Crippen LogP contribution in [-0.4, -0.2) is 57.2 Å². The Hall–Kier alpha value is -5.09. The molecule has 0 spiro atoms. The topological polar surface area (TPSA) is 162 Å². The number of carboxylic acid groups (broad SMARTS) is 2. The molecule has 0 saturated heterocycles. The molecule has 10 heteroatoms. The molecule has 6 rings (SSSR count). The number of aldehydes is 1. The zero-order chi connectivity index (χ0) is 44.4. The summed E-state index contributed by atoms with van der Waals surface area (Å²) in [5.41, 5.74) is 11.3. The number of aliphatic carboxylic acids is 2. The largest absolute Gasteiger partial charge is 0.489 e. The number of carbonyl (C=O) groups is 3. The second-order valence-corrected chi connectivity index (χ2v) is 18.7. The molecule has 61 heavy (non-hydrogen) atoms. The highest BCUT2D eigenvalue weighted by atomic mass is 16.5. The minimum atomic E-state index is -0.836. The second kappa shape index (κ2) is 23.8. The lowest BCUT2D eigenvalue weighted by molar-refractivity contribution is -0.138. The van der Waals surface area contributed by atoms with Crippen LogP contribution in [0.4, 0.5) is 0 Å². The molecule has 10 nitrogen and oxygen atoms in total. The molecule has 0 radical (unpaired) electrons. The Balaban J connectivity index is 0.000000240. The van der Waals surface area contributed by atoms with E-state index < -0.39 is 11.9 Å². The van der Waals surface area contributed by atoms with Crippen LogP contribution in [0.1, 0.15) is 135 Å². The van der Waals surface area contributed by atoms with Crippen molar-refractivity contribution in [1.29, 1.82) is 0 Å². The van der Waals surface area contributed by atoms with Crippen LogP contribution in [0.2, 0.25) is 0 Å². The monoisotopic (exact) mass is 836 g/mol. The average Bonchev–Trinajstić information content (AvgIpc) is 3.23. The Kier molecular flexibility index (Phi) is 18.9. The number of aryl methyl sites for hydroxylation is 1. The first-order valence-electron chi connectivity index (χ1n) is 22.1. The van der Waals surface area contributed by atoms with Crippen LogP contribution in [0, 0.1) is 22.7 Å². The van der Waals surface area contributed by atoms with Gasteiger partial charge in [0.05, 0.1) is 42.4 Å². The lowest BCUT2D eigenvalue weighted by Gasteiger charge is -2.36. The highest BCUT2D eigenvalue weighted by Crippen LogP contribution is 2.40. The molecule has 0 atom stereocenters. The van der Waals surface area contributed by atoms with Crippen molar-refractivity contribution in [3.05, 3.63) is 96.3 Å². The van der Waals surface area contributed by atoms with Gasteiger partial charge in [0, 0.05) is 29.7 Å². The Morgan fingerprint density at radius 3 is 1.52 bits per heavy atom. The number of nitrogens with zero attached hydrogens (tertiary/aromatic N) is 2. The SMILES string of the molecule is CC(C)(C)C1CCC(Oc2ccc(-c3cccc(C=O)c3)nc2)CC1.CC(C)(C)C1CCC(Oc2ccc(-c3cccc(CCCCC(=O)O)c3)nc2)CC1.NCCC(=O)O. The summed E-state index contributed by atoms with van der Waals surface area (Å²) in [5.74, 6) is 1.69. The molecule has 0 bridgehead atoms. The number of pyridine rings is 2. The summed E-state index contributed by atoms with van der Waals surface area (Å²) in [4.78, 5) is 40.2. The third kappa shape index (κ3) is 17.1. The smallest absolute Gasteiger partial charge is 0.304 e. The van der Waals surface area contributed by atoms with E-state index in [2.05, 4.69) is 69.7 Å². The first kappa shape index (κ1) is 48.6. The number of carboxylic acids is 2. The van der Waals surface area contributed by atoms with Gasteiger partial charge in [-0.05, 0) is 135 Å². The molecule has 4 aromatic rings. The fraction of sp³-hybridized carbons (Fsp3) is 0.510. The zero-order valence-electron chi connectivity index (χ0n) is 37.3. The number of hydrogen-bond acceptors (Lipinski definition) is 8. The molecule has 2 aromatic carbocycles. The standard InChI is InChI=1S/C26H35NO3.C22H27NO2.C3H7NO2/c1-26(2,3)21-11-13-22(14-12-21)30-23-15-16-24(27-18-23)20-9-6-8-19(17-20)7-4-5-10-25(28)29;1-22(2,3)18-7-9-19(10-8-18)25-20-11-12-21(23-14-20)17-6-4-5-16(13-17)15-24;4-2-1-3(5)6/h6,8-9,15-18,21-22H,4-5,7,10-14H2,1-3H3,(H,28,29);4-6,11-15,18-19H,7-10H2,1-3H3;1-2,4H2,(H,5,6). The maximum Gasteiger partial charge on any atom is 0.304 e. The van der Waals surface area contributed by atoms with Crippen LogP contribution < -0.4 is 15.2 Å². The Morgan fingerprint density at radius 1 is 0.656 bits per heavy atom. The van der Waals surface area contributed by atoms with Gasteiger partial charge in [0.15, 0.2) is 0 Å². The summed E-state index contributed by atoms with van der Waals surface area (Å²) in [6.45, 7) is 14.3. The minimum absolute atomic E-state index is 0.0694. The second-order valence-electron chi connectivity index (χ2n) is 18.7. The van der Waals surface area contributed by atoms with E-state index in [0.717, 1.165) is 90.7 Å². The van der Waals surface area contributed by atoms with Crippen molar-refractivity contribution < 1.29 is 34.1 Å². The number of unbranched alkanes of at least 4 members (excludes halogenated alkanes) is 1. The van der Waals surface area contributed by atoms with Crippen molar-refractivity contribution in [3.8, 4) is 34.0 Å². The molecule has 330 valence electrons. The van der Waals surface area contributed by atoms with Gasteiger partial charge in [0.2, 0.25) is 0 Å². The third-order valence-corrected chi connectivity index (χ3v) is 11.9. The highest BCUT2D eigenvalue weighted by molar-refractivity contribution is 5.78. The molecule has 2 fully saturated rings. The number of benzene rings is 2. The van der Waals surface area contributed by atoms with Crippen molar-refractivity contribution in [1.82, 2.24) is 9.97 Å². The molecular weight excluding hydrogens is 767 g/mol. The van der Waals surface area contributed by atoms with E-state index in [0.29, 0.717) is 35.0 Å². The van der Waals surface area contributed by atoms with E-state index in [4.69, 9.17) is 25.4 Å². The quantitative estimate of drug-likeness (QED) is 0.0823. The van der Waals surface area contributed by atoms with Crippen LogP contribution >= 0.6 is 0 Å². The van der Waals surface area contributed by atoms with Gasteiger partial charge in [-0.1, -0.05) is 77.9 Å². The van der Waals surface area contributed by atoms with Gasteiger partial charge < -0.3 is 25.4 Å². The van der Waals surface area contributed by atoms with Gasteiger partial charge in [0.25, 0.3) is 0 Å². The average molecular weight is 836 g/mol. The van der Waals surface area contributed by atoms with Crippen molar-refractivity contribution in [2.75, 3.05) is 6.54 Å². The first-order valence-corrected chi connectivity index (χ1v) is 22.1. The molecule has 2 aromatic heterocycles. The van der Waals surface area contributed by atoms with Crippen LogP contribution in [0.25, 0.3) is 22.5 Å². The van der Waals surface area contributed by atoms with E-state index in [1.807, 2.05) is 54.7 Å². The molecule has 0 aliphatic heterocycles. The van der Waals surface area contributed by atoms with Crippen LogP contribution in [-0.2, 0) is 16.0 Å². The number of nitrogens with two attached hydrogens (primary N) is 1. The predicted molar refractivity (Wildman–Crippen MR) is 243 cm³/mol. The van der Waals surface area contributed by atoms with E-state index in [1.165, 1.54) is 31.2 Å². The fourth-order valence-electron chi connectivity index (χ4n) is 8.11. The number of hydrogen-bond donors (Lipinski definition) is 3. The summed E-state index contributed by atoms with van der Waals surface area (Å²) < 4.78 is 12.3. The lowest BCUT2D eigenvalue weighted by Crippen LogP contribution is -2.30. The first-order chi connectivity index (χ1) is 29.0. The number of rotatable bonds is 14. The number of ether oxygens (including phenoxy) is 2. The molecule has 0 amide bonds. The van der Waals surface area contributed by atoms with Gasteiger partial charge in [-0.25, -0.2) is 0 Å². The lowest BCUT2D eigenvalue weighted by atomic mass is 9.72. The summed E-state index contributed by atoms with van der Waals surface area (Å²) in [6.07, 6.45) is 17.3. The van der Waals surface area contributed by atoms with E-state index >= 15 is 0 Å². The molecular formula is C51H69N3O7. The molecule has 2 saturated carbocycles. The molecule has 0 unspecified atom stereocenters. The summed E-state index contributed by atoms with van der Waals surface area (Å²) in [7, 11) is 0. The van der Waals surface area contributed by atoms with Crippen molar-refractivity contribution in [2.45, 2.75) is 137 Å². The predicted octanol–water partition coefficient (Wildman–Crippen LogP) is 11.5. The van der Waals surface area contributed by atoms with Crippen LogP contribution in [0.3, 0.4) is 0 Å². The molecule has 2 aliphatic carbocycles. The molecule has 4 N–H and O–H groups in total. The third-order valence-electron chi connectivity index (χ3n) is 11.9. The maximum absolute atomic E-state index is 10.9. The zero-order valence-corrected chi connectivity index (χ0v) is 37.3. The Labute approximate surface area is 363 Å². The van der Waals surface area contributed by atoms with Gasteiger partial charge in [0.1, 0.15) is 17.8 Å².